The van der Waals surface area contributed by atoms with Crippen LogP contribution in [0.1, 0.15) is 64.3 Å². The third-order valence-electron chi connectivity index (χ3n) is 7.46. The predicted octanol–water partition coefficient (Wildman–Crippen LogP) is 5.30. The number of hydrogen-bond acceptors (Lipinski definition) is 5. The zero-order valence-electron chi connectivity index (χ0n) is 21.1. The molecule has 2 aromatic carbocycles. The number of thiophene rings is 1. The lowest BCUT2D eigenvalue weighted by Crippen LogP contribution is -2.34. The number of fused-ring (bicyclic) bond motifs is 4. The van der Waals surface area contributed by atoms with Crippen molar-refractivity contribution in [2.45, 2.75) is 37.9 Å². The summed E-state index contributed by atoms with van der Waals surface area (Å²) in [6, 6.07) is 13.5. The average Bonchev–Trinajstić information content (AvgIpc) is 3.57. The fraction of sp³-hybridized carbons (Fsp3) is 0.241. The number of nitrogens with zero attached hydrogens (tertiary/aromatic N) is 3. The third kappa shape index (κ3) is 4.40. The second-order valence-corrected chi connectivity index (χ2v) is 11.0. The second kappa shape index (κ2) is 9.74. The maximum Gasteiger partial charge on any atom is 0.416 e. The molecule has 2 aliphatic rings. The minimum absolute atomic E-state index is 0.0496. The molecule has 4 heterocycles. The lowest BCUT2D eigenvalue weighted by Gasteiger charge is -2.25. The Morgan fingerprint density at radius 1 is 1.02 bits per heavy atom. The number of amides is 3. The normalized spacial score (nSPS) is 15.4. The summed E-state index contributed by atoms with van der Waals surface area (Å²) < 4.78 is 43.7. The highest BCUT2D eigenvalue weighted by atomic mass is 32.1. The summed E-state index contributed by atoms with van der Waals surface area (Å²) in [6.45, 7) is 0.431. The summed E-state index contributed by atoms with van der Waals surface area (Å²) in [5.74, 6) is -2.25. The lowest BCUT2D eigenvalue weighted by atomic mass is 9.88. The SMILES string of the molecule is NC(=O)c1cc2c(s1)CCCn1ncc([C@H](Cc3ccccc3C(F)(F)F)CN3C(=O)c4ccccc4C3=O)c1-2. The smallest absolute Gasteiger partial charge is 0.365 e. The summed E-state index contributed by atoms with van der Waals surface area (Å²) in [5, 5.41) is 4.55. The van der Waals surface area contributed by atoms with E-state index in [2.05, 4.69) is 5.10 Å². The molecule has 4 aromatic rings. The Bertz CT molecular complexity index is 1640. The topological polar surface area (TPSA) is 98.3 Å². The van der Waals surface area contributed by atoms with Crippen LogP contribution < -0.4 is 5.73 Å². The summed E-state index contributed by atoms with van der Waals surface area (Å²) in [5.41, 5.74) is 7.39. The van der Waals surface area contributed by atoms with Crippen LogP contribution in [-0.2, 0) is 25.6 Å². The Morgan fingerprint density at radius 3 is 2.38 bits per heavy atom. The molecule has 0 spiro atoms. The summed E-state index contributed by atoms with van der Waals surface area (Å²) in [7, 11) is 0. The first-order chi connectivity index (χ1) is 19.1. The van der Waals surface area contributed by atoms with Gasteiger partial charge < -0.3 is 5.73 Å². The zero-order valence-corrected chi connectivity index (χ0v) is 21.9. The van der Waals surface area contributed by atoms with Gasteiger partial charge in [-0.05, 0) is 49.1 Å². The van der Waals surface area contributed by atoms with Gasteiger partial charge in [-0.1, -0.05) is 30.3 Å². The number of carbonyl (C=O) groups is 3. The zero-order chi connectivity index (χ0) is 28.2. The van der Waals surface area contributed by atoms with Gasteiger partial charge in [-0.25, -0.2) is 0 Å². The third-order valence-corrected chi connectivity index (χ3v) is 8.67. The van der Waals surface area contributed by atoms with E-state index in [0.29, 0.717) is 29.1 Å². The Balaban J connectivity index is 1.48. The van der Waals surface area contributed by atoms with Crippen molar-refractivity contribution in [3.63, 3.8) is 0 Å². The number of imide groups is 1. The monoisotopic (exact) mass is 564 g/mol. The Kier molecular flexibility index (Phi) is 6.33. The number of aryl methyl sites for hydroxylation is 2. The number of hydrogen-bond donors (Lipinski definition) is 1. The molecule has 40 heavy (non-hydrogen) atoms. The Morgan fingerprint density at radius 2 is 1.70 bits per heavy atom. The number of rotatable bonds is 6. The van der Waals surface area contributed by atoms with Crippen LogP contribution in [0.25, 0.3) is 11.3 Å². The van der Waals surface area contributed by atoms with Crippen LogP contribution in [-0.4, -0.2) is 38.9 Å². The lowest BCUT2D eigenvalue weighted by molar-refractivity contribution is -0.138. The standard InChI is InChI=1S/C29H23F3N4O3S/c30-29(31,32)22-9-4-1-6-16(22)12-17(15-35-27(38)18-7-2-3-8-19(18)28(35)39)21-14-34-36-11-5-10-23-20(25(21)36)13-24(40-23)26(33)37/h1-4,6-9,13-14,17H,5,10-12,15H2,(H2,33,37)/t17-/m1/s1. The van der Waals surface area contributed by atoms with Gasteiger partial charge in [0.05, 0.1) is 33.5 Å². The number of primary amides is 1. The van der Waals surface area contributed by atoms with E-state index in [9.17, 15) is 27.6 Å². The van der Waals surface area contributed by atoms with Crippen molar-refractivity contribution in [1.29, 1.82) is 0 Å². The van der Waals surface area contributed by atoms with Gasteiger partial charge in [0, 0.05) is 35.0 Å². The van der Waals surface area contributed by atoms with E-state index in [1.165, 1.54) is 29.5 Å². The van der Waals surface area contributed by atoms with Crippen molar-refractivity contribution in [1.82, 2.24) is 14.7 Å². The van der Waals surface area contributed by atoms with Crippen LogP contribution in [0.4, 0.5) is 13.2 Å². The van der Waals surface area contributed by atoms with Crippen molar-refractivity contribution in [2.75, 3.05) is 6.54 Å². The van der Waals surface area contributed by atoms with Gasteiger partial charge in [-0.15, -0.1) is 11.3 Å². The first kappa shape index (κ1) is 26.0. The molecule has 11 heteroatoms. The van der Waals surface area contributed by atoms with Crippen LogP contribution in [0.2, 0.25) is 0 Å². The van der Waals surface area contributed by atoms with Crippen LogP contribution in [0.5, 0.6) is 0 Å². The molecule has 1 atom stereocenters. The number of alkyl halides is 3. The van der Waals surface area contributed by atoms with Gasteiger partial charge in [0.25, 0.3) is 17.7 Å². The maximum atomic E-state index is 14.0. The van der Waals surface area contributed by atoms with Gasteiger partial charge in [-0.2, -0.15) is 18.3 Å². The molecule has 0 radical (unpaired) electrons. The molecule has 0 unspecified atom stereocenters. The van der Waals surface area contributed by atoms with E-state index >= 15 is 0 Å². The molecule has 0 bridgehead atoms. The van der Waals surface area contributed by atoms with Crippen LogP contribution in [0.15, 0.2) is 60.8 Å². The predicted molar refractivity (Wildman–Crippen MR) is 142 cm³/mol. The largest absolute Gasteiger partial charge is 0.416 e. The molecular formula is C29H23F3N4O3S. The van der Waals surface area contributed by atoms with E-state index in [1.54, 1.807) is 41.2 Å². The molecule has 2 aliphatic heterocycles. The van der Waals surface area contributed by atoms with E-state index in [4.69, 9.17) is 5.73 Å². The van der Waals surface area contributed by atoms with Crippen molar-refractivity contribution in [3.05, 3.63) is 98.4 Å². The Labute approximate surface area is 231 Å². The number of carbonyl (C=O) groups excluding carboxylic acids is 3. The minimum Gasteiger partial charge on any atom is -0.365 e. The fourth-order valence-corrected chi connectivity index (χ4v) is 6.68. The molecule has 0 saturated heterocycles. The number of aromatic nitrogens is 2. The van der Waals surface area contributed by atoms with Crippen LogP contribution >= 0.6 is 11.3 Å². The molecule has 0 aliphatic carbocycles. The molecule has 6 rings (SSSR count). The highest BCUT2D eigenvalue weighted by molar-refractivity contribution is 7.14. The van der Waals surface area contributed by atoms with Crippen molar-refractivity contribution in [2.24, 2.45) is 5.73 Å². The van der Waals surface area contributed by atoms with E-state index in [-0.39, 0.29) is 29.7 Å². The number of halogens is 3. The summed E-state index contributed by atoms with van der Waals surface area (Å²) >= 11 is 1.30. The molecule has 0 fully saturated rings. The van der Waals surface area contributed by atoms with E-state index < -0.39 is 35.4 Å². The van der Waals surface area contributed by atoms with Gasteiger partial charge in [0.1, 0.15) is 0 Å². The number of nitrogens with two attached hydrogens (primary N) is 1. The van der Waals surface area contributed by atoms with Gasteiger partial charge in [-0.3, -0.25) is 24.0 Å². The first-order valence-electron chi connectivity index (χ1n) is 12.7. The average molecular weight is 565 g/mol. The highest BCUT2D eigenvalue weighted by Crippen LogP contribution is 2.42. The van der Waals surface area contributed by atoms with Crippen molar-refractivity contribution in [3.8, 4) is 11.3 Å². The Hall–Kier alpha value is -4.25. The van der Waals surface area contributed by atoms with Gasteiger partial charge in [0.15, 0.2) is 0 Å². The van der Waals surface area contributed by atoms with E-state index in [1.807, 2.05) is 0 Å². The summed E-state index contributed by atoms with van der Waals surface area (Å²) in [6.07, 6.45) is -1.63. The van der Waals surface area contributed by atoms with Gasteiger partial charge >= 0.3 is 6.18 Å². The van der Waals surface area contributed by atoms with Crippen LogP contribution in [0.3, 0.4) is 0 Å². The van der Waals surface area contributed by atoms with Crippen molar-refractivity contribution < 1.29 is 27.6 Å². The molecule has 2 aromatic heterocycles. The van der Waals surface area contributed by atoms with E-state index in [0.717, 1.165) is 27.8 Å². The highest BCUT2D eigenvalue weighted by Gasteiger charge is 2.39. The summed E-state index contributed by atoms with van der Waals surface area (Å²) in [4.78, 5) is 40.9. The fourth-order valence-electron chi connectivity index (χ4n) is 5.63. The van der Waals surface area contributed by atoms with Crippen LogP contribution in [0, 0.1) is 0 Å². The van der Waals surface area contributed by atoms with Gasteiger partial charge in [0.2, 0.25) is 0 Å². The molecule has 204 valence electrons. The minimum atomic E-state index is -4.58. The first-order valence-corrected chi connectivity index (χ1v) is 13.5. The molecule has 3 amide bonds. The number of benzene rings is 2. The maximum absolute atomic E-state index is 14.0. The molecular weight excluding hydrogens is 541 g/mol. The molecule has 2 N–H and O–H groups in total. The second-order valence-electron chi connectivity index (χ2n) is 9.91. The quantitative estimate of drug-likeness (QED) is 0.322. The molecule has 7 nitrogen and oxygen atoms in total. The van der Waals surface area contributed by atoms with Crippen molar-refractivity contribution >= 4 is 29.1 Å². The molecule has 0 saturated carbocycles.